The van der Waals surface area contributed by atoms with Gasteiger partial charge in [-0.2, -0.15) is 0 Å². The van der Waals surface area contributed by atoms with Gasteiger partial charge in [0, 0.05) is 11.9 Å². The molecule has 1 rings (SSSR count). The van der Waals surface area contributed by atoms with E-state index in [1.54, 1.807) is 0 Å². The molecule has 0 spiro atoms. The molecule has 0 bridgehead atoms. The minimum Gasteiger partial charge on any atom is -0.375 e. The first-order valence-corrected chi connectivity index (χ1v) is 6.41. The first-order valence-electron chi connectivity index (χ1n) is 5.98. The number of halogens is 1. The molecule has 0 aliphatic heterocycles. The Morgan fingerprint density at radius 2 is 2.07 bits per heavy atom. The zero-order valence-electron chi connectivity index (χ0n) is 10.2. The maximum absolute atomic E-state index is 6.19. The summed E-state index contributed by atoms with van der Waals surface area (Å²) in [5, 5.41) is 3.81. The molecular formula is C12H24ClNO. The van der Waals surface area contributed by atoms with Crippen molar-refractivity contribution < 1.29 is 4.74 Å². The fourth-order valence-corrected chi connectivity index (χ4v) is 2.31. The van der Waals surface area contributed by atoms with Crippen LogP contribution in [0.3, 0.4) is 0 Å². The molecule has 3 heteroatoms. The van der Waals surface area contributed by atoms with Crippen LogP contribution in [-0.4, -0.2) is 30.7 Å². The Hall–Kier alpha value is 0.210. The van der Waals surface area contributed by atoms with Crippen LogP contribution in [0.4, 0.5) is 0 Å². The Morgan fingerprint density at radius 1 is 1.33 bits per heavy atom. The summed E-state index contributed by atoms with van der Waals surface area (Å²) in [7, 11) is 0. The molecule has 15 heavy (non-hydrogen) atoms. The molecule has 0 heterocycles. The minimum absolute atomic E-state index is 0.0238. The molecule has 0 amide bonds. The van der Waals surface area contributed by atoms with E-state index in [9.17, 15) is 0 Å². The highest BCUT2D eigenvalue weighted by Gasteiger charge is 2.24. The van der Waals surface area contributed by atoms with Gasteiger partial charge in [0.1, 0.15) is 0 Å². The summed E-state index contributed by atoms with van der Waals surface area (Å²) >= 11 is 6.19. The number of hydrogen-bond donors (Lipinski definition) is 1. The van der Waals surface area contributed by atoms with Gasteiger partial charge in [0.25, 0.3) is 0 Å². The lowest BCUT2D eigenvalue weighted by atomic mass is 10.1. The lowest BCUT2D eigenvalue weighted by molar-refractivity contribution is -0.000981. The van der Waals surface area contributed by atoms with Gasteiger partial charge in [0.15, 0.2) is 0 Å². The second-order valence-corrected chi connectivity index (χ2v) is 5.93. The summed E-state index contributed by atoms with van der Waals surface area (Å²) in [6, 6.07) is 0. The number of hydrogen-bond acceptors (Lipinski definition) is 2. The summed E-state index contributed by atoms with van der Waals surface area (Å²) in [5.41, 5.74) is -0.0238. The molecule has 2 atom stereocenters. The van der Waals surface area contributed by atoms with Crippen molar-refractivity contribution >= 4 is 11.6 Å². The van der Waals surface area contributed by atoms with Crippen LogP contribution in [0.5, 0.6) is 0 Å². The first-order chi connectivity index (χ1) is 6.99. The third-order valence-electron chi connectivity index (χ3n) is 2.79. The molecular weight excluding hydrogens is 210 g/mol. The molecule has 0 aromatic heterocycles. The van der Waals surface area contributed by atoms with Crippen LogP contribution < -0.4 is 5.32 Å². The van der Waals surface area contributed by atoms with Crippen molar-refractivity contribution in [3.8, 4) is 0 Å². The van der Waals surface area contributed by atoms with Gasteiger partial charge in [-0.25, -0.2) is 0 Å². The Bertz CT molecular complexity index is 179. The van der Waals surface area contributed by atoms with Crippen LogP contribution in [0.1, 0.15) is 40.0 Å². The zero-order chi connectivity index (χ0) is 11.3. The highest BCUT2D eigenvalue weighted by atomic mass is 35.5. The summed E-state index contributed by atoms with van der Waals surface area (Å²) in [6.07, 6.45) is 3.76. The van der Waals surface area contributed by atoms with Crippen molar-refractivity contribution in [2.24, 2.45) is 5.92 Å². The fraction of sp³-hybridized carbons (Fsp3) is 1.00. The normalized spacial score (nSPS) is 27.2. The lowest BCUT2D eigenvalue weighted by Crippen LogP contribution is -2.31. The van der Waals surface area contributed by atoms with Crippen LogP contribution >= 0.6 is 11.6 Å². The summed E-state index contributed by atoms with van der Waals surface area (Å²) in [6.45, 7) is 9.00. The predicted octanol–water partition coefficient (Wildman–Crippen LogP) is 2.80. The molecule has 1 aliphatic rings. The van der Waals surface area contributed by atoms with Gasteiger partial charge in [0.2, 0.25) is 0 Å². The third-order valence-corrected chi connectivity index (χ3v) is 3.36. The van der Waals surface area contributed by atoms with E-state index in [2.05, 4.69) is 26.1 Å². The van der Waals surface area contributed by atoms with Crippen LogP contribution in [0.25, 0.3) is 0 Å². The number of alkyl halides is 1. The Kier molecular flexibility index (Phi) is 5.37. The van der Waals surface area contributed by atoms with Gasteiger partial charge in [-0.1, -0.05) is 6.42 Å². The molecule has 1 saturated carbocycles. The van der Waals surface area contributed by atoms with Crippen molar-refractivity contribution in [3.63, 3.8) is 0 Å². The van der Waals surface area contributed by atoms with Gasteiger partial charge in [-0.15, -0.1) is 11.6 Å². The highest BCUT2D eigenvalue weighted by Crippen LogP contribution is 2.29. The van der Waals surface area contributed by atoms with Gasteiger partial charge >= 0.3 is 0 Å². The SMILES string of the molecule is CC(C)(C)OCCNCC1CCCC1Cl. The van der Waals surface area contributed by atoms with Crippen LogP contribution in [0, 0.1) is 5.92 Å². The first kappa shape index (κ1) is 13.3. The maximum Gasteiger partial charge on any atom is 0.0599 e. The highest BCUT2D eigenvalue weighted by molar-refractivity contribution is 6.20. The van der Waals surface area contributed by atoms with E-state index in [-0.39, 0.29) is 5.60 Å². The van der Waals surface area contributed by atoms with E-state index in [1.165, 1.54) is 19.3 Å². The summed E-state index contributed by atoms with van der Waals surface area (Å²) in [4.78, 5) is 0. The third kappa shape index (κ3) is 5.74. The second kappa shape index (κ2) is 6.07. The molecule has 0 radical (unpaired) electrons. The second-order valence-electron chi connectivity index (χ2n) is 5.37. The molecule has 90 valence electrons. The van der Waals surface area contributed by atoms with Crippen molar-refractivity contribution in [2.75, 3.05) is 19.7 Å². The smallest absolute Gasteiger partial charge is 0.0599 e. The van der Waals surface area contributed by atoms with Crippen molar-refractivity contribution in [1.82, 2.24) is 5.32 Å². The lowest BCUT2D eigenvalue weighted by Gasteiger charge is -2.20. The molecule has 0 saturated heterocycles. The van der Waals surface area contributed by atoms with Gasteiger partial charge in [-0.05, 0) is 46.1 Å². The van der Waals surface area contributed by atoms with Crippen LogP contribution in [-0.2, 0) is 4.74 Å². The van der Waals surface area contributed by atoms with E-state index >= 15 is 0 Å². The molecule has 1 aliphatic carbocycles. The number of rotatable bonds is 5. The number of ether oxygens (including phenoxy) is 1. The number of nitrogens with one attached hydrogen (secondary N) is 1. The average Bonchev–Trinajstić information content (AvgIpc) is 2.49. The molecule has 1 fully saturated rings. The summed E-state index contributed by atoms with van der Waals surface area (Å²) in [5.74, 6) is 0.668. The molecule has 2 nitrogen and oxygen atoms in total. The molecule has 0 aromatic rings. The Morgan fingerprint density at radius 3 is 2.60 bits per heavy atom. The largest absolute Gasteiger partial charge is 0.375 e. The van der Waals surface area contributed by atoms with E-state index < -0.39 is 0 Å². The van der Waals surface area contributed by atoms with Gasteiger partial charge in [0.05, 0.1) is 12.2 Å². The van der Waals surface area contributed by atoms with Gasteiger partial charge < -0.3 is 10.1 Å². The molecule has 0 aromatic carbocycles. The van der Waals surface area contributed by atoms with E-state index in [4.69, 9.17) is 16.3 Å². The quantitative estimate of drug-likeness (QED) is 0.583. The van der Waals surface area contributed by atoms with Crippen molar-refractivity contribution in [1.29, 1.82) is 0 Å². The van der Waals surface area contributed by atoms with E-state index in [0.29, 0.717) is 11.3 Å². The van der Waals surface area contributed by atoms with Crippen LogP contribution in [0.15, 0.2) is 0 Å². The zero-order valence-corrected chi connectivity index (χ0v) is 10.9. The monoisotopic (exact) mass is 233 g/mol. The standard InChI is InChI=1S/C12H24ClNO/c1-12(2,3)15-8-7-14-9-10-5-4-6-11(10)13/h10-11,14H,4-9H2,1-3H3. The minimum atomic E-state index is -0.0238. The molecule has 2 unspecified atom stereocenters. The van der Waals surface area contributed by atoms with Crippen molar-refractivity contribution in [3.05, 3.63) is 0 Å². The average molecular weight is 234 g/mol. The van der Waals surface area contributed by atoms with E-state index in [0.717, 1.165) is 19.7 Å². The van der Waals surface area contributed by atoms with Crippen LogP contribution in [0.2, 0.25) is 0 Å². The Labute approximate surface area is 98.7 Å². The fourth-order valence-electron chi connectivity index (χ4n) is 1.94. The topological polar surface area (TPSA) is 21.3 Å². The van der Waals surface area contributed by atoms with E-state index in [1.807, 2.05) is 0 Å². The maximum atomic E-state index is 6.19. The summed E-state index contributed by atoms with van der Waals surface area (Å²) < 4.78 is 5.63. The Balaban J connectivity index is 1.97. The molecule has 1 N–H and O–H groups in total. The van der Waals surface area contributed by atoms with Crippen molar-refractivity contribution in [2.45, 2.75) is 51.0 Å². The predicted molar refractivity (Wildman–Crippen MR) is 65.6 cm³/mol. The van der Waals surface area contributed by atoms with Gasteiger partial charge in [-0.3, -0.25) is 0 Å².